The molecule has 4 aromatic rings. The van der Waals surface area contributed by atoms with Crippen LogP contribution in [-0.2, 0) is 20.0 Å². The van der Waals surface area contributed by atoms with Crippen molar-refractivity contribution in [3.05, 3.63) is 112 Å². The number of sulfonamides is 2. The van der Waals surface area contributed by atoms with E-state index in [1.165, 1.54) is 48.5 Å². The fraction of sp³-hybridized carbons (Fsp3) is 0.0741. The summed E-state index contributed by atoms with van der Waals surface area (Å²) < 4.78 is 56.6. The molecule has 4 aromatic carbocycles. The lowest BCUT2D eigenvalue weighted by Gasteiger charge is -2.13. The largest absolute Gasteiger partial charge is 0.322 e. The van der Waals surface area contributed by atoms with E-state index < -0.39 is 26.0 Å². The van der Waals surface area contributed by atoms with Gasteiger partial charge in [-0.1, -0.05) is 47.5 Å². The summed E-state index contributed by atoms with van der Waals surface area (Å²) >= 11 is 12.0. The standard InChI is InChI=1S/C27H23Cl2N3O5S2/c1-17-5-3-6-21(15-17)31-39(36,37)25-16-19(10-9-18(25)2)27(33)30-20-11-13-22(14-12-20)38(34,35)32-24-8-4-7-23(28)26(24)29/h3-16,31-32H,1-2H3,(H,30,33). The van der Waals surface area contributed by atoms with Crippen molar-refractivity contribution < 1.29 is 21.6 Å². The van der Waals surface area contributed by atoms with Crippen molar-refractivity contribution in [2.24, 2.45) is 0 Å². The molecule has 0 saturated heterocycles. The number of aryl methyl sites for hydroxylation is 2. The van der Waals surface area contributed by atoms with Crippen molar-refractivity contribution >= 4 is 66.2 Å². The van der Waals surface area contributed by atoms with Crippen molar-refractivity contribution in [1.82, 2.24) is 0 Å². The molecule has 0 aliphatic carbocycles. The maximum Gasteiger partial charge on any atom is 0.262 e. The van der Waals surface area contributed by atoms with Gasteiger partial charge in [-0.15, -0.1) is 0 Å². The summed E-state index contributed by atoms with van der Waals surface area (Å²) in [5.41, 5.74) is 2.31. The van der Waals surface area contributed by atoms with Gasteiger partial charge in [0, 0.05) is 16.9 Å². The second-order valence-corrected chi connectivity index (χ2v) is 12.8. The highest BCUT2D eigenvalue weighted by molar-refractivity contribution is 7.93. The normalized spacial score (nSPS) is 11.6. The molecule has 0 aliphatic heterocycles. The van der Waals surface area contributed by atoms with E-state index in [-0.39, 0.29) is 31.1 Å². The Morgan fingerprint density at radius 2 is 1.41 bits per heavy atom. The predicted molar refractivity (Wildman–Crippen MR) is 155 cm³/mol. The Bertz CT molecular complexity index is 1780. The van der Waals surface area contributed by atoms with E-state index >= 15 is 0 Å². The number of anilines is 3. The Hall–Kier alpha value is -3.57. The summed E-state index contributed by atoms with van der Waals surface area (Å²) in [6, 6.07) is 21.3. The molecule has 0 fully saturated rings. The Kier molecular flexibility index (Phi) is 8.22. The fourth-order valence-corrected chi connectivity index (χ4v) is 6.45. The summed E-state index contributed by atoms with van der Waals surface area (Å²) in [7, 11) is -7.95. The van der Waals surface area contributed by atoms with Gasteiger partial charge >= 0.3 is 0 Å². The first-order valence-corrected chi connectivity index (χ1v) is 15.2. The lowest BCUT2D eigenvalue weighted by Crippen LogP contribution is -2.17. The van der Waals surface area contributed by atoms with E-state index in [0.717, 1.165) is 5.56 Å². The monoisotopic (exact) mass is 603 g/mol. The van der Waals surface area contributed by atoms with Gasteiger partial charge in [0.15, 0.2) is 0 Å². The predicted octanol–water partition coefficient (Wildman–Crippen LogP) is 6.46. The van der Waals surface area contributed by atoms with Gasteiger partial charge in [-0.05, 0) is 85.6 Å². The van der Waals surface area contributed by atoms with E-state index in [9.17, 15) is 21.6 Å². The van der Waals surface area contributed by atoms with Crippen LogP contribution in [0.5, 0.6) is 0 Å². The average Bonchev–Trinajstić information content (AvgIpc) is 2.87. The Morgan fingerprint density at radius 3 is 2.10 bits per heavy atom. The van der Waals surface area contributed by atoms with Gasteiger partial charge in [0.1, 0.15) is 0 Å². The molecule has 0 saturated carbocycles. The fourth-order valence-electron chi connectivity index (χ4n) is 3.66. The highest BCUT2D eigenvalue weighted by Gasteiger charge is 2.20. The molecule has 12 heteroatoms. The number of carbonyl (C=O) groups excluding carboxylic acids is 1. The Morgan fingerprint density at radius 1 is 0.718 bits per heavy atom. The van der Waals surface area contributed by atoms with Crippen molar-refractivity contribution in [1.29, 1.82) is 0 Å². The quantitative estimate of drug-likeness (QED) is 0.213. The number of rotatable bonds is 8. The van der Waals surface area contributed by atoms with Crippen LogP contribution in [0.2, 0.25) is 10.0 Å². The molecule has 0 aliphatic rings. The van der Waals surface area contributed by atoms with Gasteiger partial charge in [0.2, 0.25) is 0 Å². The second kappa shape index (κ2) is 11.3. The van der Waals surface area contributed by atoms with Crippen LogP contribution in [0.4, 0.5) is 17.1 Å². The zero-order chi connectivity index (χ0) is 28.4. The first kappa shape index (κ1) is 28.4. The topological polar surface area (TPSA) is 121 Å². The van der Waals surface area contributed by atoms with Crippen LogP contribution in [0, 0.1) is 13.8 Å². The molecule has 0 bridgehead atoms. The van der Waals surface area contributed by atoms with Crippen molar-refractivity contribution in [2.75, 3.05) is 14.8 Å². The van der Waals surface area contributed by atoms with Gasteiger partial charge in [-0.2, -0.15) is 0 Å². The van der Waals surface area contributed by atoms with Gasteiger partial charge in [0.25, 0.3) is 26.0 Å². The first-order chi connectivity index (χ1) is 18.4. The highest BCUT2D eigenvalue weighted by Crippen LogP contribution is 2.31. The molecular weight excluding hydrogens is 581 g/mol. The summed E-state index contributed by atoms with van der Waals surface area (Å²) in [6.45, 7) is 3.48. The summed E-state index contributed by atoms with van der Waals surface area (Å²) in [4.78, 5) is 12.8. The summed E-state index contributed by atoms with van der Waals surface area (Å²) in [5, 5.41) is 2.92. The maximum atomic E-state index is 13.0. The van der Waals surface area contributed by atoms with E-state index in [4.69, 9.17) is 23.2 Å². The molecule has 0 aromatic heterocycles. The number of nitrogens with one attached hydrogen (secondary N) is 3. The van der Waals surface area contributed by atoms with Crippen molar-refractivity contribution in [3.8, 4) is 0 Å². The van der Waals surface area contributed by atoms with Crippen molar-refractivity contribution in [2.45, 2.75) is 23.6 Å². The molecule has 0 spiro atoms. The lowest BCUT2D eigenvalue weighted by atomic mass is 10.1. The van der Waals surface area contributed by atoms with Gasteiger partial charge in [-0.25, -0.2) is 16.8 Å². The first-order valence-electron chi connectivity index (χ1n) is 11.4. The third-order valence-corrected chi connectivity index (χ3v) is 9.35. The molecule has 0 atom stereocenters. The number of halogens is 2. The smallest absolute Gasteiger partial charge is 0.262 e. The van der Waals surface area contributed by atoms with Crippen LogP contribution in [0.25, 0.3) is 0 Å². The van der Waals surface area contributed by atoms with E-state index in [1.807, 2.05) is 13.0 Å². The second-order valence-electron chi connectivity index (χ2n) is 8.64. The van der Waals surface area contributed by atoms with Crippen LogP contribution < -0.4 is 14.8 Å². The van der Waals surface area contributed by atoms with Crippen LogP contribution in [0.3, 0.4) is 0 Å². The van der Waals surface area contributed by atoms with E-state index in [1.54, 1.807) is 37.3 Å². The molecule has 3 N–H and O–H groups in total. The zero-order valence-electron chi connectivity index (χ0n) is 20.7. The molecule has 0 unspecified atom stereocenters. The van der Waals surface area contributed by atoms with Gasteiger partial charge in [0.05, 0.1) is 25.5 Å². The molecule has 1 amide bonds. The number of hydrogen-bond donors (Lipinski definition) is 3. The Balaban J connectivity index is 1.51. The molecule has 8 nitrogen and oxygen atoms in total. The Labute approximate surface area is 237 Å². The minimum absolute atomic E-state index is 0.0381. The summed E-state index contributed by atoms with van der Waals surface area (Å²) in [5.74, 6) is -0.568. The minimum Gasteiger partial charge on any atom is -0.322 e. The molecule has 0 heterocycles. The summed E-state index contributed by atoms with van der Waals surface area (Å²) in [6.07, 6.45) is 0. The third-order valence-electron chi connectivity index (χ3n) is 5.63. The van der Waals surface area contributed by atoms with Crippen LogP contribution in [0.1, 0.15) is 21.5 Å². The molecule has 0 radical (unpaired) electrons. The third kappa shape index (κ3) is 6.72. The van der Waals surface area contributed by atoms with Crippen LogP contribution >= 0.6 is 23.2 Å². The van der Waals surface area contributed by atoms with Gasteiger partial charge < -0.3 is 5.32 Å². The van der Waals surface area contributed by atoms with E-state index in [0.29, 0.717) is 16.9 Å². The average molecular weight is 605 g/mol. The lowest BCUT2D eigenvalue weighted by molar-refractivity contribution is 0.102. The number of hydrogen-bond acceptors (Lipinski definition) is 5. The highest BCUT2D eigenvalue weighted by atomic mass is 35.5. The number of benzene rings is 4. The number of carbonyl (C=O) groups is 1. The molecule has 4 rings (SSSR count). The molecule has 202 valence electrons. The number of amides is 1. The minimum atomic E-state index is -3.98. The maximum absolute atomic E-state index is 13.0. The van der Waals surface area contributed by atoms with Crippen LogP contribution in [-0.4, -0.2) is 22.7 Å². The van der Waals surface area contributed by atoms with Crippen molar-refractivity contribution in [3.63, 3.8) is 0 Å². The van der Waals surface area contributed by atoms with Crippen LogP contribution in [0.15, 0.2) is 94.7 Å². The van der Waals surface area contributed by atoms with E-state index in [2.05, 4.69) is 14.8 Å². The molecular formula is C27H23Cl2N3O5S2. The molecule has 39 heavy (non-hydrogen) atoms. The van der Waals surface area contributed by atoms with Gasteiger partial charge in [-0.3, -0.25) is 14.2 Å². The zero-order valence-corrected chi connectivity index (χ0v) is 23.8. The SMILES string of the molecule is Cc1cccc(NS(=O)(=O)c2cc(C(=O)Nc3ccc(S(=O)(=O)Nc4cccc(Cl)c4Cl)cc3)ccc2C)c1.